The minimum Gasteiger partial charge on any atom is -0.497 e. The van der Waals surface area contributed by atoms with Gasteiger partial charge in [-0.3, -0.25) is 24.0 Å². The van der Waals surface area contributed by atoms with Crippen LogP contribution in [0.25, 0.3) is 0 Å². The van der Waals surface area contributed by atoms with Gasteiger partial charge in [-0.25, -0.2) is 4.79 Å². The van der Waals surface area contributed by atoms with Gasteiger partial charge in [0.15, 0.2) is 5.78 Å². The summed E-state index contributed by atoms with van der Waals surface area (Å²) in [5, 5.41) is 8.07. The minimum absolute atomic E-state index is 0.247. The molecule has 12 nitrogen and oxygen atoms in total. The number of primary amides is 1. The summed E-state index contributed by atoms with van der Waals surface area (Å²) in [4.78, 5) is 78.6. The highest BCUT2D eigenvalue weighted by molar-refractivity contribution is 6.37. The molecule has 0 radical (unpaired) electrons. The van der Waals surface area contributed by atoms with Gasteiger partial charge in [0.25, 0.3) is 5.91 Å². The number of carbonyl (C=O) groups is 6. The second-order valence-corrected chi connectivity index (χ2v) is 12.1. The van der Waals surface area contributed by atoms with Gasteiger partial charge >= 0.3 is 6.03 Å². The number of methoxy groups -OCH3 is 1. The van der Waals surface area contributed by atoms with Crippen molar-refractivity contribution in [2.45, 2.75) is 104 Å². The normalized spacial score (nSPS) is 18.1. The van der Waals surface area contributed by atoms with E-state index in [1.54, 1.807) is 52.0 Å². The smallest absolute Gasteiger partial charge is 0.316 e. The average molecular weight is 616 g/mol. The highest BCUT2D eigenvalue weighted by atomic mass is 16.5. The van der Waals surface area contributed by atoms with Gasteiger partial charge in [-0.05, 0) is 61.3 Å². The van der Waals surface area contributed by atoms with Crippen LogP contribution in [0.15, 0.2) is 24.3 Å². The Bertz CT molecular complexity index is 1190. The molecule has 1 aliphatic heterocycles. The van der Waals surface area contributed by atoms with Gasteiger partial charge < -0.3 is 31.3 Å². The lowest BCUT2D eigenvalue weighted by Gasteiger charge is -2.36. The first kappa shape index (κ1) is 36.2. The quantitative estimate of drug-likeness (QED) is 0.195. The third-order valence-electron chi connectivity index (χ3n) is 7.77. The van der Waals surface area contributed by atoms with Crippen molar-refractivity contribution in [1.82, 2.24) is 20.9 Å². The number of nitrogens with two attached hydrogens (primary N) is 1. The summed E-state index contributed by atoms with van der Waals surface area (Å²) < 4.78 is 5.13. The average Bonchev–Trinajstić information content (AvgIpc) is 3.68. The van der Waals surface area contributed by atoms with E-state index in [1.807, 2.05) is 13.8 Å². The van der Waals surface area contributed by atoms with Gasteiger partial charge in [-0.2, -0.15) is 0 Å². The highest BCUT2D eigenvalue weighted by Gasteiger charge is 2.43. The number of likely N-dealkylation sites (tertiary alicyclic amines) is 1. The van der Waals surface area contributed by atoms with Gasteiger partial charge in [-0.1, -0.05) is 54.4 Å². The number of ether oxygens (including phenoxy) is 1. The maximum Gasteiger partial charge on any atom is 0.316 e. The number of Topliss-reactive ketones (excluding diaryl/α,β-unsaturated/α-hetero) is 2. The van der Waals surface area contributed by atoms with Crippen molar-refractivity contribution in [3.05, 3.63) is 29.8 Å². The molecule has 2 unspecified atom stereocenters. The second kappa shape index (κ2) is 16.2. The molecule has 2 aliphatic rings. The molecule has 12 heteroatoms. The first-order valence-corrected chi connectivity index (χ1v) is 15.5. The van der Waals surface area contributed by atoms with Crippen molar-refractivity contribution in [2.75, 3.05) is 13.7 Å². The number of nitrogens with one attached hydrogen (secondary N) is 3. The van der Waals surface area contributed by atoms with Crippen LogP contribution in [0.3, 0.4) is 0 Å². The van der Waals surface area contributed by atoms with E-state index in [0.29, 0.717) is 37.0 Å². The Labute approximate surface area is 260 Å². The van der Waals surface area contributed by atoms with E-state index in [-0.39, 0.29) is 18.2 Å². The fourth-order valence-corrected chi connectivity index (χ4v) is 5.12. The van der Waals surface area contributed by atoms with Crippen LogP contribution in [-0.2, 0) is 19.2 Å². The van der Waals surface area contributed by atoms with Crippen LogP contribution >= 0.6 is 0 Å². The Balaban J connectivity index is 0.00000330. The van der Waals surface area contributed by atoms with Gasteiger partial charge in [-0.15, -0.1) is 0 Å². The number of hydrogen-bond acceptors (Lipinski definition) is 7. The number of carbonyl (C=O) groups excluding carboxylic acids is 6. The van der Waals surface area contributed by atoms with Crippen LogP contribution in [0.5, 0.6) is 5.75 Å². The van der Waals surface area contributed by atoms with Crippen LogP contribution in [0.1, 0.15) is 90.4 Å². The topological polar surface area (TPSA) is 177 Å². The van der Waals surface area contributed by atoms with Gasteiger partial charge in [0.05, 0.1) is 19.2 Å². The predicted molar refractivity (Wildman–Crippen MR) is 166 cm³/mol. The number of rotatable bonds is 13. The molecule has 1 heterocycles. The second-order valence-electron chi connectivity index (χ2n) is 12.1. The molecule has 0 bridgehead atoms. The van der Waals surface area contributed by atoms with Gasteiger partial charge in [0.1, 0.15) is 17.8 Å². The number of ketones is 2. The summed E-state index contributed by atoms with van der Waals surface area (Å²) in [5.41, 5.74) is 4.87. The Morgan fingerprint density at radius 1 is 0.955 bits per heavy atom. The first-order valence-electron chi connectivity index (χ1n) is 15.5. The SMILES string of the molecule is CC.CC[C@H](NC(=O)NC(C(=O)N1CCC[C@H]1C(=O)NC(CC1CC1)C(=O)C(N)=O)C(C)(C)C)C(=O)c1ccc(OC)cc1. The van der Waals surface area contributed by atoms with Crippen molar-refractivity contribution < 1.29 is 33.5 Å². The minimum atomic E-state index is -1.11. The zero-order valence-electron chi connectivity index (χ0n) is 27.0. The third kappa shape index (κ3) is 9.78. The molecule has 1 aliphatic carbocycles. The third-order valence-corrected chi connectivity index (χ3v) is 7.77. The lowest BCUT2D eigenvalue weighted by molar-refractivity contribution is -0.143. The van der Waals surface area contributed by atoms with Gasteiger partial charge in [0, 0.05) is 12.1 Å². The van der Waals surface area contributed by atoms with Crippen LogP contribution in [0.2, 0.25) is 0 Å². The molecular weight excluding hydrogens is 566 g/mol. The van der Waals surface area contributed by atoms with Crippen molar-refractivity contribution in [1.29, 1.82) is 0 Å². The maximum atomic E-state index is 13.8. The van der Waals surface area contributed by atoms with E-state index in [1.165, 1.54) is 12.0 Å². The van der Waals surface area contributed by atoms with E-state index >= 15 is 0 Å². The maximum absolute atomic E-state index is 13.8. The number of nitrogens with zero attached hydrogens (tertiary/aromatic N) is 1. The summed E-state index contributed by atoms with van der Waals surface area (Å²) >= 11 is 0. The standard InChI is InChI=1S/C30H43N5O7.C2H6/c1-6-20(23(36)18-11-13-19(42-5)14-12-18)33-29(41)34-25(30(2,3)4)28(40)35-15-7-8-22(35)27(39)32-21(16-17-9-10-17)24(37)26(31)38;1-2/h11-14,17,20-22,25H,6-10,15-16H2,1-5H3,(H2,31,38)(H,32,39)(H2,33,34,41);1-2H3/t20-,21?,22-,25?;/m0./s1. The molecule has 5 N–H and O–H groups in total. The molecule has 1 aromatic carbocycles. The molecule has 1 saturated heterocycles. The highest BCUT2D eigenvalue weighted by Crippen LogP contribution is 2.34. The number of hydrogen-bond donors (Lipinski definition) is 4. The number of benzene rings is 1. The van der Waals surface area contributed by atoms with E-state index in [9.17, 15) is 28.8 Å². The molecule has 2 fully saturated rings. The van der Waals surface area contributed by atoms with Crippen molar-refractivity contribution >= 4 is 35.3 Å². The lowest BCUT2D eigenvalue weighted by atomic mass is 9.85. The summed E-state index contributed by atoms with van der Waals surface area (Å²) in [7, 11) is 1.53. The summed E-state index contributed by atoms with van der Waals surface area (Å²) in [6, 6.07) is 2.13. The van der Waals surface area contributed by atoms with Crippen LogP contribution in [0, 0.1) is 11.3 Å². The zero-order valence-corrected chi connectivity index (χ0v) is 27.0. The Morgan fingerprint density at radius 2 is 1.57 bits per heavy atom. The molecule has 3 rings (SSSR count). The Morgan fingerprint density at radius 3 is 2.07 bits per heavy atom. The summed E-state index contributed by atoms with van der Waals surface area (Å²) in [5.74, 6) is -2.39. The Kier molecular flexibility index (Phi) is 13.3. The van der Waals surface area contributed by atoms with Crippen LogP contribution in [-0.4, -0.2) is 78.0 Å². The van der Waals surface area contributed by atoms with E-state index < -0.39 is 59.1 Å². The largest absolute Gasteiger partial charge is 0.497 e. The molecule has 5 amide bonds. The molecule has 1 aromatic rings. The van der Waals surface area contributed by atoms with Crippen molar-refractivity contribution in [3.8, 4) is 5.75 Å². The lowest BCUT2D eigenvalue weighted by Crippen LogP contribution is -2.60. The van der Waals surface area contributed by atoms with Crippen molar-refractivity contribution in [2.24, 2.45) is 17.1 Å². The molecule has 244 valence electrons. The van der Waals surface area contributed by atoms with E-state index in [4.69, 9.17) is 10.5 Å². The zero-order chi connectivity index (χ0) is 33.2. The molecule has 0 spiro atoms. The molecule has 1 saturated carbocycles. The van der Waals surface area contributed by atoms with E-state index in [0.717, 1.165) is 12.8 Å². The molecular formula is C32H49N5O7. The van der Waals surface area contributed by atoms with E-state index in [2.05, 4.69) is 16.0 Å². The molecule has 44 heavy (non-hydrogen) atoms. The number of amides is 5. The number of urea groups is 1. The Hall–Kier alpha value is -3.96. The fraction of sp³-hybridized carbons (Fsp3) is 0.625. The summed E-state index contributed by atoms with van der Waals surface area (Å²) in [6.45, 7) is 11.4. The molecule has 0 aromatic heterocycles. The summed E-state index contributed by atoms with van der Waals surface area (Å²) in [6.07, 6.45) is 3.41. The monoisotopic (exact) mass is 615 g/mol. The van der Waals surface area contributed by atoms with Crippen LogP contribution < -0.4 is 26.4 Å². The molecule has 4 atom stereocenters. The van der Waals surface area contributed by atoms with Gasteiger partial charge in [0.2, 0.25) is 17.6 Å². The first-order chi connectivity index (χ1) is 20.8. The van der Waals surface area contributed by atoms with Crippen molar-refractivity contribution in [3.63, 3.8) is 0 Å². The fourth-order valence-electron chi connectivity index (χ4n) is 5.12. The predicted octanol–water partition coefficient (Wildman–Crippen LogP) is 2.73. The van der Waals surface area contributed by atoms with Crippen LogP contribution in [0.4, 0.5) is 4.79 Å².